The molecule has 0 amide bonds. The molecule has 1 fully saturated rings. The summed E-state index contributed by atoms with van der Waals surface area (Å²) < 4.78 is 0. The van der Waals surface area contributed by atoms with Crippen molar-refractivity contribution in [2.24, 2.45) is 5.92 Å². The monoisotopic (exact) mass is 214 g/mol. The third kappa shape index (κ3) is 3.74. The van der Waals surface area contributed by atoms with Crippen molar-refractivity contribution in [1.82, 2.24) is 9.80 Å². The van der Waals surface area contributed by atoms with Gasteiger partial charge in [-0.05, 0) is 38.9 Å². The van der Waals surface area contributed by atoms with Crippen molar-refractivity contribution in [2.75, 3.05) is 39.3 Å². The zero-order valence-electron chi connectivity index (χ0n) is 10.4. The second-order valence-electron chi connectivity index (χ2n) is 4.67. The first-order chi connectivity index (χ1) is 7.21. The number of hydrogen-bond acceptors (Lipinski definition) is 3. The van der Waals surface area contributed by atoms with Crippen LogP contribution in [-0.2, 0) is 0 Å². The van der Waals surface area contributed by atoms with E-state index in [0.29, 0.717) is 18.6 Å². The summed E-state index contributed by atoms with van der Waals surface area (Å²) in [6, 6.07) is 0.626. The molecular weight excluding hydrogens is 188 g/mol. The van der Waals surface area contributed by atoms with Gasteiger partial charge in [-0.3, -0.25) is 4.90 Å². The molecule has 2 unspecified atom stereocenters. The largest absolute Gasteiger partial charge is 0.396 e. The Hall–Kier alpha value is -0.120. The molecule has 90 valence electrons. The highest BCUT2D eigenvalue weighted by atomic mass is 16.3. The highest BCUT2D eigenvalue weighted by Crippen LogP contribution is 2.18. The summed E-state index contributed by atoms with van der Waals surface area (Å²) in [5.74, 6) is 0.518. The summed E-state index contributed by atoms with van der Waals surface area (Å²) in [5.41, 5.74) is 0. The minimum Gasteiger partial charge on any atom is -0.396 e. The number of rotatable bonds is 6. The lowest BCUT2D eigenvalue weighted by Crippen LogP contribution is -2.41. The summed E-state index contributed by atoms with van der Waals surface area (Å²) in [4.78, 5) is 4.98. The summed E-state index contributed by atoms with van der Waals surface area (Å²) in [6.07, 6.45) is 1.17. The molecule has 1 heterocycles. The zero-order valence-corrected chi connectivity index (χ0v) is 10.4. The van der Waals surface area contributed by atoms with Gasteiger partial charge in [0, 0.05) is 25.7 Å². The van der Waals surface area contributed by atoms with Gasteiger partial charge in [0.1, 0.15) is 0 Å². The third-order valence-electron chi connectivity index (χ3n) is 3.62. The molecule has 3 nitrogen and oxygen atoms in total. The van der Waals surface area contributed by atoms with Crippen molar-refractivity contribution >= 4 is 0 Å². The smallest absolute Gasteiger partial charge is 0.0471 e. The highest BCUT2D eigenvalue weighted by Gasteiger charge is 2.25. The van der Waals surface area contributed by atoms with Crippen LogP contribution in [0.25, 0.3) is 0 Å². The molecule has 0 saturated carbocycles. The van der Waals surface area contributed by atoms with Gasteiger partial charge >= 0.3 is 0 Å². The lowest BCUT2D eigenvalue weighted by atomic mass is 10.1. The molecule has 1 saturated heterocycles. The average Bonchev–Trinajstić information content (AvgIpc) is 2.74. The van der Waals surface area contributed by atoms with Crippen molar-refractivity contribution < 1.29 is 5.11 Å². The van der Waals surface area contributed by atoms with E-state index in [1.807, 2.05) is 0 Å². The van der Waals surface area contributed by atoms with E-state index in [2.05, 4.69) is 30.6 Å². The summed E-state index contributed by atoms with van der Waals surface area (Å²) in [7, 11) is 0. The number of nitrogens with zero attached hydrogens (tertiary/aromatic N) is 2. The molecule has 0 aromatic carbocycles. The number of aliphatic hydroxyl groups excluding tert-OH is 1. The second-order valence-corrected chi connectivity index (χ2v) is 4.67. The van der Waals surface area contributed by atoms with E-state index in [0.717, 1.165) is 32.7 Å². The Bertz CT molecular complexity index is 171. The molecule has 1 N–H and O–H groups in total. The molecule has 3 heteroatoms. The SMILES string of the molecule is CCN(CC)CC(C)N1CCC(CO)C1. The maximum atomic E-state index is 9.10. The highest BCUT2D eigenvalue weighted by molar-refractivity contribution is 4.80. The van der Waals surface area contributed by atoms with E-state index < -0.39 is 0 Å². The van der Waals surface area contributed by atoms with Crippen molar-refractivity contribution in [1.29, 1.82) is 0 Å². The van der Waals surface area contributed by atoms with E-state index in [4.69, 9.17) is 5.11 Å². The van der Waals surface area contributed by atoms with Crippen molar-refractivity contribution in [3.8, 4) is 0 Å². The summed E-state index contributed by atoms with van der Waals surface area (Å²) in [5, 5.41) is 9.10. The first-order valence-corrected chi connectivity index (χ1v) is 6.28. The van der Waals surface area contributed by atoms with Gasteiger partial charge in [0.2, 0.25) is 0 Å². The Balaban J connectivity index is 2.31. The molecule has 15 heavy (non-hydrogen) atoms. The Morgan fingerprint density at radius 2 is 2.07 bits per heavy atom. The van der Waals surface area contributed by atoms with Crippen LogP contribution >= 0.6 is 0 Å². The van der Waals surface area contributed by atoms with Gasteiger partial charge in [-0.1, -0.05) is 13.8 Å². The normalized spacial score (nSPS) is 25.0. The van der Waals surface area contributed by atoms with Gasteiger partial charge in [-0.15, -0.1) is 0 Å². The van der Waals surface area contributed by atoms with Gasteiger partial charge in [-0.2, -0.15) is 0 Å². The van der Waals surface area contributed by atoms with Gasteiger partial charge in [0.25, 0.3) is 0 Å². The van der Waals surface area contributed by atoms with Crippen LogP contribution in [0.15, 0.2) is 0 Å². The number of likely N-dealkylation sites (N-methyl/N-ethyl adjacent to an activating group) is 1. The molecule has 1 aliphatic rings. The van der Waals surface area contributed by atoms with Gasteiger partial charge < -0.3 is 10.0 Å². The fraction of sp³-hybridized carbons (Fsp3) is 1.00. The van der Waals surface area contributed by atoms with Crippen molar-refractivity contribution in [3.63, 3.8) is 0 Å². The first kappa shape index (κ1) is 12.9. The molecule has 0 aliphatic carbocycles. The van der Waals surface area contributed by atoms with Crippen LogP contribution in [0, 0.1) is 5.92 Å². The fourth-order valence-corrected chi connectivity index (χ4v) is 2.38. The topological polar surface area (TPSA) is 26.7 Å². The second kappa shape index (κ2) is 6.46. The molecule has 0 radical (unpaired) electrons. The Morgan fingerprint density at radius 3 is 2.53 bits per heavy atom. The predicted molar refractivity (Wildman–Crippen MR) is 64.0 cm³/mol. The maximum absolute atomic E-state index is 9.10. The van der Waals surface area contributed by atoms with Crippen molar-refractivity contribution in [3.05, 3.63) is 0 Å². The molecule has 0 aromatic heterocycles. The molecule has 2 atom stereocenters. The van der Waals surface area contributed by atoms with Crippen molar-refractivity contribution in [2.45, 2.75) is 33.2 Å². The van der Waals surface area contributed by atoms with E-state index in [9.17, 15) is 0 Å². The quantitative estimate of drug-likeness (QED) is 0.715. The van der Waals surface area contributed by atoms with Gasteiger partial charge in [-0.25, -0.2) is 0 Å². The zero-order chi connectivity index (χ0) is 11.3. The van der Waals surface area contributed by atoms with E-state index in [-0.39, 0.29) is 0 Å². The third-order valence-corrected chi connectivity index (χ3v) is 3.62. The minimum absolute atomic E-state index is 0.356. The van der Waals surface area contributed by atoms with Gasteiger partial charge in [0.15, 0.2) is 0 Å². The molecule has 1 rings (SSSR count). The molecule has 0 spiro atoms. The molecule has 0 bridgehead atoms. The fourth-order valence-electron chi connectivity index (χ4n) is 2.38. The van der Waals surface area contributed by atoms with Gasteiger partial charge in [0.05, 0.1) is 0 Å². The Labute approximate surface area is 94.1 Å². The maximum Gasteiger partial charge on any atom is 0.0471 e. The molecular formula is C12H26N2O. The summed E-state index contributed by atoms with van der Waals surface area (Å²) >= 11 is 0. The van der Waals surface area contributed by atoms with E-state index in [1.54, 1.807) is 0 Å². The number of aliphatic hydroxyl groups is 1. The van der Waals surface area contributed by atoms with Crippen LogP contribution in [0.3, 0.4) is 0 Å². The number of likely N-dealkylation sites (tertiary alicyclic amines) is 1. The van der Waals surface area contributed by atoms with E-state index >= 15 is 0 Å². The van der Waals surface area contributed by atoms with Crippen LogP contribution in [0.1, 0.15) is 27.2 Å². The first-order valence-electron chi connectivity index (χ1n) is 6.28. The Kier molecular flexibility index (Phi) is 5.58. The standard InChI is InChI=1S/C12H26N2O/c1-4-13(5-2)8-11(3)14-7-6-12(9-14)10-15/h11-12,15H,4-10H2,1-3H3. The van der Waals surface area contributed by atoms with Crippen LogP contribution in [0.2, 0.25) is 0 Å². The van der Waals surface area contributed by atoms with Crippen LogP contribution < -0.4 is 0 Å². The molecule has 1 aliphatic heterocycles. The molecule has 0 aromatic rings. The van der Waals surface area contributed by atoms with Crippen LogP contribution in [0.4, 0.5) is 0 Å². The van der Waals surface area contributed by atoms with Crippen LogP contribution in [-0.4, -0.2) is 60.3 Å². The minimum atomic E-state index is 0.356. The predicted octanol–water partition coefficient (Wildman–Crippen LogP) is 1.03. The van der Waals surface area contributed by atoms with E-state index in [1.165, 1.54) is 6.42 Å². The summed E-state index contributed by atoms with van der Waals surface area (Å²) in [6.45, 7) is 12.8. The lowest BCUT2D eigenvalue weighted by Gasteiger charge is -2.29. The number of hydrogen-bond donors (Lipinski definition) is 1. The lowest BCUT2D eigenvalue weighted by molar-refractivity contribution is 0.165. The van der Waals surface area contributed by atoms with Crippen LogP contribution in [0.5, 0.6) is 0 Å². The average molecular weight is 214 g/mol. The Morgan fingerprint density at radius 1 is 1.40 bits per heavy atom.